The third kappa shape index (κ3) is 5.62. The van der Waals surface area contributed by atoms with Gasteiger partial charge in [0.1, 0.15) is 0 Å². The van der Waals surface area contributed by atoms with Gasteiger partial charge >= 0.3 is 0 Å². The summed E-state index contributed by atoms with van der Waals surface area (Å²) in [6.07, 6.45) is 6.22. The Hall–Kier alpha value is 0.270. The zero-order valence-electron chi connectivity index (χ0n) is 12.3. The van der Waals surface area contributed by atoms with Crippen LogP contribution < -0.4 is 5.32 Å². The lowest BCUT2D eigenvalue weighted by atomic mass is 9.86. The third-order valence-corrected chi connectivity index (χ3v) is 4.86. The van der Waals surface area contributed by atoms with E-state index in [0.29, 0.717) is 11.5 Å². The summed E-state index contributed by atoms with van der Waals surface area (Å²) < 4.78 is 0. The third-order valence-electron chi connectivity index (χ3n) is 4.04. The molecule has 3 heteroatoms. The molecule has 0 radical (unpaired) electrons. The van der Waals surface area contributed by atoms with Gasteiger partial charge in [0, 0.05) is 30.9 Å². The maximum Gasteiger partial charge on any atom is 0.0155 e. The second-order valence-electron chi connectivity index (χ2n) is 6.04. The average molecular weight is 258 g/mol. The fraction of sp³-hybridized carbons (Fsp3) is 1.00. The van der Waals surface area contributed by atoms with Crippen molar-refractivity contribution in [3.8, 4) is 0 Å². The fourth-order valence-electron chi connectivity index (χ4n) is 2.10. The molecule has 0 aromatic heterocycles. The first-order valence-corrected chi connectivity index (χ1v) is 8.32. The Morgan fingerprint density at radius 3 is 2.59 bits per heavy atom. The van der Waals surface area contributed by atoms with E-state index in [9.17, 15) is 0 Å². The molecule has 0 bridgehead atoms. The second-order valence-corrected chi connectivity index (χ2v) is 6.95. The van der Waals surface area contributed by atoms with Gasteiger partial charge in [-0.25, -0.2) is 0 Å². The molecule has 1 saturated carbocycles. The summed E-state index contributed by atoms with van der Waals surface area (Å²) in [5.74, 6) is 1.23. The molecule has 0 amide bonds. The van der Waals surface area contributed by atoms with Crippen LogP contribution in [0.3, 0.4) is 0 Å². The van der Waals surface area contributed by atoms with E-state index in [1.807, 2.05) is 11.8 Å². The van der Waals surface area contributed by atoms with Crippen LogP contribution in [0.1, 0.15) is 40.0 Å². The Labute approximate surface area is 112 Å². The maximum atomic E-state index is 3.69. The van der Waals surface area contributed by atoms with E-state index in [-0.39, 0.29) is 0 Å². The summed E-state index contributed by atoms with van der Waals surface area (Å²) >= 11 is 1.94. The Bertz CT molecular complexity index is 218. The highest BCUT2D eigenvalue weighted by Gasteiger charge is 2.29. The molecule has 1 N–H and O–H groups in total. The van der Waals surface area contributed by atoms with Gasteiger partial charge < -0.3 is 10.2 Å². The lowest BCUT2D eigenvalue weighted by molar-refractivity contribution is 0.155. The molecule has 0 spiro atoms. The van der Waals surface area contributed by atoms with Gasteiger partial charge in [-0.3, -0.25) is 0 Å². The Kier molecular flexibility index (Phi) is 6.32. The minimum atomic E-state index is 0.421. The summed E-state index contributed by atoms with van der Waals surface area (Å²) in [5.41, 5.74) is 0.421. The van der Waals surface area contributed by atoms with Gasteiger partial charge in [0.15, 0.2) is 0 Å². The summed E-state index contributed by atoms with van der Waals surface area (Å²) in [6, 6.07) is 1.51. The van der Waals surface area contributed by atoms with Gasteiger partial charge in [-0.1, -0.05) is 13.8 Å². The lowest BCUT2D eigenvalue weighted by Crippen LogP contribution is -2.44. The molecule has 0 aromatic carbocycles. The van der Waals surface area contributed by atoms with E-state index in [1.165, 1.54) is 38.1 Å². The van der Waals surface area contributed by atoms with Crippen LogP contribution in [-0.2, 0) is 0 Å². The van der Waals surface area contributed by atoms with Gasteiger partial charge in [0.05, 0.1) is 0 Å². The van der Waals surface area contributed by atoms with Crippen LogP contribution in [0.5, 0.6) is 0 Å². The molecule has 0 aromatic rings. The van der Waals surface area contributed by atoms with Crippen LogP contribution in [0, 0.1) is 5.41 Å². The Morgan fingerprint density at radius 2 is 2.12 bits per heavy atom. The molecule has 1 fully saturated rings. The highest BCUT2D eigenvalue weighted by molar-refractivity contribution is 7.98. The van der Waals surface area contributed by atoms with Gasteiger partial charge in [-0.2, -0.15) is 11.8 Å². The van der Waals surface area contributed by atoms with Crippen LogP contribution in [0.2, 0.25) is 0 Å². The van der Waals surface area contributed by atoms with Gasteiger partial charge in [-0.05, 0) is 44.9 Å². The van der Waals surface area contributed by atoms with Crippen LogP contribution in [0.25, 0.3) is 0 Å². The van der Waals surface area contributed by atoms with E-state index >= 15 is 0 Å². The molecule has 1 aliphatic rings. The first-order valence-electron chi connectivity index (χ1n) is 6.93. The number of hydrogen-bond acceptors (Lipinski definition) is 3. The first-order chi connectivity index (χ1) is 8.00. The van der Waals surface area contributed by atoms with Crippen molar-refractivity contribution in [1.82, 2.24) is 10.2 Å². The molecule has 0 aliphatic heterocycles. The molecule has 1 rings (SSSR count). The van der Waals surface area contributed by atoms with E-state index in [2.05, 4.69) is 44.3 Å². The number of hydrogen-bond donors (Lipinski definition) is 1. The van der Waals surface area contributed by atoms with Crippen LogP contribution in [-0.4, -0.2) is 49.1 Å². The van der Waals surface area contributed by atoms with Crippen molar-refractivity contribution in [3.05, 3.63) is 0 Å². The number of rotatable bonds is 9. The van der Waals surface area contributed by atoms with Crippen molar-refractivity contribution >= 4 is 11.8 Å². The molecule has 1 aliphatic carbocycles. The SMILES string of the molecule is CCC(C)(CNC1CC1)CN(C)C(C)CSC. The Balaban J connectivity index is 2.36. The summed E-state index contributed by atoms with van der Waals surface area (Å²) in [5, 5.41) is 3.69. The predicted molar refractivity (Wildman–Crippen MR) is 79.9 cm³/mol. The lowest BCUT2D eigenvalue weighted by Gasteiger charge is -2.36. The highest BCUT2D eigenvalue weighted by Crippen LogP contribution is 2.26. The van der Waals surface area contributed by atoms with Gasteiger partial charge in [-0.15, -0.1) is 0 Å². The minimum absolute atomic E-state index is 0.421. The van der Waals surface area contributed by atoms with Crippen molar-refractivity contribution in [3.63, 3.8) is 0 Å². The molecular weight excluding hydrogens is 228 g/mol. The molecule has 2 nitrogen and oxygen atoms in total. The fourth-order valence-corrected chi connectivity index (χ4v) is 2.83. The zero-order chi connectivity index (χ0) is 12.9. The van der Waals surface area contributed by atoms with Crippen molar-refractivity contribution < 1.29 is 0 Å². The monoisotopic (exact) mass is 258 g/mol. The van der Waals surface area contributed by atoms with E-state index in [0.717, 1.165) is 6.04 Å². The summed E-state index contributed by atoms with van der Waals surface area (Å²) in [4.78, 5) is 2.52. The van der Waals surface area contributed by atoms with E-state index < -0.39 is 0 Å². The second kappa shape index (κ2) is 7.01. The standard InChI is InChI=1S/C14H30N2S/c1-6-14(3,10-15-13-7-8-13)11-16(4)12(2)9-17-5/h12-13,15H,6-11H2,1-5H3. The van der Waals surface area contributed by atoms with Crippen molar-refractivity contribution in [2.24, 2.45) is 5.41 Å². The van der Waals surface area contributed by atoms with Crippen LogP contribution in [0.15, 0.2) is 0 Å². The molecule has 2 atom stereocenters. The van der Waals surface area contributed by atoms with Gasteiger partial charge in [0.25, 0.3) is 0 Å². The quantitative estimate of drug-likeness (QED) is 0.684. The predicted octanol–water partition coefficient (Wildman–Crippen LogP) is 2.84. The number of nitrogens with zero attached hydrogens (tertiary/aromatic N) is 1. The topological polar surface area (TPSA) is 15.3 Å². The minimum Gasteiger partial charge on any atom is -0.313 e. The van der Waals surface area contributed by atoms with E-state index in [4.69, 9.17) is 0 Å². The largest absolute Gasteiger partial charge is 0.313 e. The van der Waals surface area contributed by atoms with Crippen molar-refractivity contribution in [2.75, 3.05) is 32.1 Å². The smallest absolute Gasteiger partial charge is 0.0155 e. The molecule has 0 heterocycles. The molecule has 102 valence electrons. The normalized spacial score (nSPS) is 21.5. The maximum absolute atomic E-state index is 3.69. The molecular formula is C14H30N2S. The van der Waals surface area contributed by atoms with E-state index in [1.54, 1.807) is 0 Å². The molecule has 17 heavy (non-hydrogen) atoms. The molecule has 2 unspecified atom stereocenters. The number of nitrogens with one attached hydrogen (secondary N) is 1. The van der Waals surface area contributed by atoms with Crippen LogP contribution in [0.4, 0.5) is 0 Å². The average Bonchev–Trinajstić information content (AvgIpc) is 3.10. The summed E-state index contributed by atoms with van der Waals surface area (Å²) in [6.45, 7) is 9.45. The Morgan fingerprint density at radius 1 is 1.47 bits per heavy atom. The van der Waals surface area contributed by atoms with Crippen molar-refractivity contribution in [1.29, 1.82) is 0 Å². The van der Waals surface area contributed by atoms with Crippen molar-refractivity contribution in [2.45, 2.75) is 52.1 Å². The highest BCUT2D eigenvalue weighted by atomic mass is 32.2. The first kappa shape index (κ1) is 15.3. The van der Waals surface area contributed by atoms with Crippen LogP contribution >= 0.6 is 11.8 Å². The number of thioether (sulfide) groups is 1. The zero-order valence-corrected chi connectivity index (χ0v) is 13.1. The summed E-state index contributed by atoms with van der Waals surface area (Å²) in [7, 11) is 2.27. The molecule has 0 saturated heterocycles. The van der Waals surface area contributed by atoms with Gasteiger partial charge in [0.2, 0.25) is 0 Å².